The zero-order valence-corrected chi connectivity index (χ0v) is 18.0. The third-order valence-corrected chi connectivity index (χ3v) is 5.46. The van der Waals surface area contributed by atoms with Crippen LogP contribution in [0.2, 0.25) is 0 Å². The fraction of sp³-hybridized carbons (Fsp3) is 0.167. The van der Waals surface area contributed by atoms with Gasteiger partial charge in [0.15, 0.2) is 23.9 Å². The fourth-order valence-electron chi connectivity index (χ4n) is 3.81. The minimum atomic E-state index is -0.550. The molecule has 0 radical (unpaired) electrons. The minimum Gasteiger partial charge on any atom is -0.493 e. The van der Waals surface area contributed by atoms with Gasteiger partial charge in [-0.3, -0.25) is 14.9 Å². The van der Waals surface area contributed by atoms with Crippen molar-refractivity contribution in [2.24, 2.45) is 5.10 Å². The van der Waals surface area contributed by atoms with Crippen LogP contribution in [0.4, 0.5) is 5.69 Å². The smallest absolute Gasteiger partial charge is 0.281 e. The van der Waals surface area contributed by atoms with Gasteiger partial charge in [0.2, 0.25) is 0 Å². The van der Waals surface area contributed by atoms with E-state index in [4.69, 9.17) is 18.3 Å². The van der Waals surface area contributed by atoms with Crippen LogP contribution in [0.15, 0.2) is 80.9 Å². The van der Waals surface area contributed by atoms with Gasteiger partial charge in [-0.1, -0.05) is 18.2 Å². The van der Waals surface area contributed by atoms with Gasteiger partial charge in [-0.2, -0.15) is 5.10 Å². The standard InChI is InChI=1S/C24H19N3O7/c1-31-21-9-8-16(27(29)30)12-23(21)33-14-24(28)26-18(20-7-4-10-32-20)13-17(25-26)22-11-15-5-2-3-6-19(15)34-22/h2-12,18H,13-14H2,1H3. The van der Waals surface area contributed by atoms with Gasteiger partial charge in [-0.15, -0.1) is 0 Å². The minimum absolute atomic E-state index is 0.0836. The fourth-order valence-corrected chi connectivity index (χ4v) is 3.81. The lowest BCUT2D eigenvalue weighted by Crippen LogP contribution is -2.31. The van der Waals surface area contributed by atoms with E-state index in [9.17, 15) is 14.9 Å². The Hall–Kier alpha value is -4.60. The first-order valence-corrected chi connectivity index (χ1v) is 10.4. The number of fused-ring (bicyclic) bond motifs is 1. The Kier molecular flexibility index (Phi) is 5.46. The summed E-state index contributed by atoms with van der Waals surface area (Å²) in [5.41, 5.74) is 1.14. The Balaban J connectivity index is 1.41. The van der Waals surface area contributed by atoms with Gasteiger partial charge in [0.05, 0.1) is 24.4 Å². The normalized spacial score (nSPS) is 15.4. The number of rotatable bonds is 7. The molecule has 1 atom stereocenters. The number of benzene rings is 2. The molecule has 0 N–H and O–H groups in total. The first kappa shape index (κ1) is 21.3. The molecule has 0 aliphatic carbocycles. The number of nitro benzene ring substituents is 1. The molecule has 1 aliphatic heterocycles. The SMILES string of the molecule is COc1ccc([N+](=O)[O-])cc1OCC(=O)N1N=C(c2cc3ccccc3o2)CC1c1ccco1. The van der Waals surface area contributed by atoms with E-state index in [0.29, 0.717) is 23.7 Å². The van der Waals surface area contributed by atoms with Crippen molar-refractivity contribution in [1.29, 1.82) is 0 Å². The summed E-state index contributed by atoms with van der Waals surface area (Å²) in [6.45, 7) is -0.411. The van der Waals surface area contributed by atoms with Gasteiger partial charge >= 0.3 is 0 Å². The van der Waals surface area contributed by atoms with E-state index in [0.717, 1.165) is 11.0 Å². The van der Waals surface area contributed by atoms with Crippen molar-refractivity contribution in [3.05, 3.63) is 88.6 Å². The number of carbonyl (C=O) groups excluding carboxylic acids is 1. The zero-order chi connectivity index (χ0) is 23.7. The maximum Gasteiger partial charge on any atom is 0.281 e. The predicted octanol–water partition coefficient (Wildman–Crippen LogP) is 4.70. The number of ether oxygens (including phenoxy) is 2. The molecule has 34 heavy (non-hydrogen) atoms. The van der Waals surface area contributed by atoms with Crippen LogP contribution in [0.25, 0.3) is 11.0 Å². The molecule has 0 fully saturated rings. The molecule has 2 aromatic heterocycles. The van der Waals surface area contributed by atoms with Crippen molar-refractivity contribution in [1.82, 2.24) is 5.01 Å². The van der Waals surface area contributed by atoms with Gasteiger partial charge < -0.3 is 18.3 Å². The van der Waals surface area contributed by atoms with Gasteiger partial charge in [-0.05, 0) is 30.3 Å². The highest BCUT2D eigenvalue weighted by molar-refractivity contribution is 6.03. The lowest BCUT2D eigenvalue weighted by Gasteiger charge is -2.20. The molecule has 4 aromatic rings. The van der Waals surface area contributed by atoms with Crippen LogP contribution < -0.4 is 9.47 Å². The Bertz CT molecular complexity index is 1360. The number of furan rings is 2. The summed E-state index contributed by atoms with van der Waals surface area (Å²) in [5.74, 6) is 1.03. The molecule has 3 heterocycles. The first-order valence-electron chi connectivity index (χ1n) is 10.4. The Morgan fingerprint density at radius 2 is 2.03 bits per heavy atom. The molecule has 0 spiro atoms. The molecule has 10 heteroatoms. The Morgan fingerprint density at radius 3 is 2.76 bits per heavy atom. The van der Waals surface area contributed by atoms with Crippen LogP contribution in [0.3, 0.4) is 0 Å². The topological polar surface area (TPSA) is 121 Å². The number of methoxy groups -OCH3 is 1. The third kappa shape index (κ3) is 3.96. The average molecular weight is 461 g/mol. The Labute approximate surface area is 193 Å². The molecule has 0 saturated heterocycles. The molecular weight excluding hydrogens is 442 g/mol. The lowest BCUT2D eigenvalue weighted by molar-refractivity contribution is -0.385. The van der Waals surface area contributed by atoms with Crippen LogP contribution in [-0.2, 0) is 4.79 Å². The number of hydrazone groups is 1. The van der Waals surface area contributed by atoms with Crippen molar-refractivity contribution in [2.45, 2.75) is 12.5 Å². The number of amides is 1. The van der Waals surface area contributed by atoms with Crippen LogP contribution in [0.5, 0.6) is 11.5 Å². The number of para-hydroxylation sites is 1. The van der Waals surface area contributed by atoms with Crippen molar-refractivity contribution in [3.8, 4) is 11.5 Å². The quantitative estimate of drug-likeness (QED) is 0.289. The molecule has 5 rings (SSSR count). The maximum atomic E-state index is 13.1. The number of hydrogen-bond acceptors (Lipinski definition) is 8. The Morgan fingerprint density at radius 1 is 1.18 bits per heavy atom. The molecule has 0 bridgehead atoms. The molecule has 172 valence electrons. The van der Waals surface area contributed by atoms with Crippen LogP contribution in [0, 0.1) is 10.1 Å². The van der Waals surface area contributed by atoms with E-state index in [1.807, 2.05) is 30.3 Å². The van der Waals surface area contributed by atoms with Crippen molar-refractivity contribution >= 4 is 28.3 Å². The summed E-state index contributed by atoms with van der Waals surface area (Å²) >= 11 is 0. The number of nitrogens with zero attached hydrogens (tertiary/aromatic N) is 3. The zero-order valence-electron chi connectivity index (χ0n) is 18.0. The first-order chi connectivity index (χ1) is 16.5. The molecule has 1 unspecified atom stereocenters. The number of hydrogen-bond donors (Lipinski definition) is 0. The largest absolute Gasteiger partial charge is 0.493 e. The van der Waals surface area contributed by atoms with Gasteiger partial charge in [0.1, 0.15) is 23.1 Å². The van der Waals surface area contributed by atoms with Gasteiger partial charge in [0, 0.05) is 17.9 Å². The maximum absolute atomic E-state index is 13.1. The molecule has 2 aromatic carbocycles. The number of non-ortho nitro benzene ring substituents is 1. The van der Waals surface area contributed by atoms with E-state index in [1.54, 1.807) is 12.1 Å². The van der Waals surface area contributed by atoms with E-state index >= 15 is 0 Å². The second-order valence-electron chi connectivity index (χ2n) is 7.55. The van der Waals surface area contributed by atoms with E-state index in [2.05, 4.69) is 5.10 Å². The highest BCUT2D eigenvalue weighted by Gasteiger charge is 2.36. The number of carbonyl (C=O) groups is 1. The molecule has 1 aliphatic rings. The van der Waals surface area contributed by atoms with Crippen molar-refractivity contribution in [2.75, 3.05) is 13.7 Å². The second kappa shape index (κ2) is 8.74. The average Bonchev–Trinajstić information content (AvgIpc) is 3.60. The highest BCUT2D eigenvalue weighted by Crippen LogP contribution is 2.35. The lowest BCUT2D eigenvalue weighted by atomic mass is 10.1. The van der Waals surface area contributed by atoms with Gasteiger partial charge in [-0.25, -0.2) is 5.01 Å². The van der Waals surface area contributed by atoms with Crippen LogP contribution >= 0.6 is 0 Å². The third-order valence-electron chi connectivity index (χ3n) is 5.46. The van der Waals surface area contributed by atoms with Crippen molar-refractivity contribution < 1.29 is 28.0 Å². The molecule has 0 saturated carbocycles. The van der Waals surface area contributed by atoms with E-state index in [-0.39, 0.29) is 17.2 Å². The summed E-state index contributed by atoms with van der Waals surface area (Å²) < 4.78 is 22.3. The van der Waals surface area contributed by atoms with Crippen molar-refractivity contribution in [3.63, 3.8) is 0 Å². The van der Waals surface area contributed by atoms with Gasteiger partial charge in [0.25, 0.3) is 11.6 Å². The summed E-state index contributed by atoms with van der Waals surface area (Å²) in [4.78, 5) is 23.7. The summed E-state index contributed by atoms with van der Waals surface area (Å²) in [6, 6.07) is 16.4. The molecular formula is C24H19N3O7. The molecule has 1 amide bonds. The highest BCUT2D eigenvalue weighted by atomic mass is 16.6. The summed E-state index contributed by atoms with van der Waals surface area (Å²) in [6.07, 6.45) is 1.92. The van der Waals surface area contributed by atoms with Crippen LogP contribution in [0.1, 0.15) is 24.0 Å². The summed E-state index contributed by atoms with van der Waals surface area (Å²) in [5, 5.41) is 17.9. The monoisotopic (exact) mass is 461 g/mol. The van der Waals surface area contributed by atoms with E-state index < -0.39 is 23.5 Å². The predicted molar refractivity (Wildman–Crippen MR) is 121 cm³/mol. The molecule has 10 nitrogen and oxygen atoms in total. The number of nitro groups is 1. The summed E-state index contributed by atoms with van der Waals surface area (Å²) in [7, 11) is 1.41. The second-order valence-corrected chi connectivity index (χ2v) is 7.55. The van der Waals surface area contributed by atoms with Crippen LogP contribution in [-0.4, -0.2) is 35.3 Å². The van der Waals surface area contributed by atoms with E-state index in [1.165, 1.54) is 36.6 Å².